The summed E-state index contributed by atoms with van der Waals surface area (Å²) >= 11 is 12.0. The molecule has 0 aliphatic carbocycles. The zero-order valence-corrected chi connectivity index (χ0v) is 12.5. The SMILES string of the molecule is CC(C)(c1ccc(Cl)cc1)c1nnc2c(Cl)nccn12. The summed E-state index contributed by atoms with van der Waals surface area (Å²) in [6, 6.07) is 7.73. The summed E-state index contributed by atoms with van der Waals surface area (Å²) in [5.41, 5.74) is 1.34. The van der Waals surface area contributed by atoms with E-state index in [0.717, 1.165) is 11.4 Å². The van der Waals surface area contributed by atoms with Gasteiger partial charge in [0, 0.05) is 17.4 Å². The van der Waals surface area contributed by atoms with Crippen LogP contribution in [0.2, 0.25) is 10.2 Å². The number of benzene rings is 1. The molecule has 0 saturated carbocycles. The summed E-state index contributed by atoms with van der Waals surface area (Å²) in [6.07, 6.45) is 3.45. The van der Waals surface area contributed by atoms with Crippen molar-refractivity contribution in [2.24, 2.45) is 0 Å². The predicted molar refractivity (Wildman–Crippen MR) is 79.4 cm³/mol. The molecule has 4 nitrogen and oxygen atoms in total. The second-order valence-corrected chi connectivity index (χ2v) is 5.86. The van der Waals surface area contributed by atoms with E-state index in [1.165, 1.54) is 0 Å². The Bertz CT molecular complexity index is 762. The molecule has 0 spiro atoms. The van der Waals surface area contributed by atoms with E-state index in [1.54, 1.807) is 6.20 Å². The number of halogens is 2. The number of hydrogen-bond acceptors (Lipinski definition) is 3. The lowest BCUT2D eigenvalue weighted by Crippen LogP contribution is -2.22. The summed E-state index contributed by atoms with van der Waals surface area (Å²) in [6.45, 7) is 4.17. The van der Waals surface area contributed by atoms with E-state index in [9.17, 15) is 0 Å². The number of nitrogens with zero attached hydrogens (tertiary/aromatic N) is 4. The molecule has 102 valence electrons. The lowest BCUT2D eigenvalue weighted by Gasteiger charge is -2.23. The van der Waals surface area contributed by atoms with E-state index >= 15 is 0 Å². The Morgan fingerprint density at radius 2 is 1.75 bits per heavy atom. The molecule has 0 aliphatic rings. The third-order valence-corrected chi connectivity index (χ3v) is 3.93. The van der Waals surface area contributed by atoms with Gasteiger partial charge in [-0.2, -0.15) is 0 Å². The van der Waals surface area contributed by atoms with Gasteiger partial charge < -0.3 is 0 Å². The smallest absolute Gasteiger partial charge is 0.198 e. The van der Waals surface area contributed by atoms with Crippen molar-refractivity contribution in [1.29, 1.82) is 0 Å². The number of hydrogen-bond donors (Lipinski definition) is 0. The standard InChI is InChI=1S/C14H12Cl2N4/c1-14(2,9-3-5-10(15)6-4-9)13-19-18-12-11(16)17-7-8-20(12)13/h3-8H,1-2H3. The molecule has 3 rings (SSSR count). The molecule has 0 saturated heterocycles. The fourth-order valence-corrected chi connectivity index (χ4v) is 2.53. The van der Waals surface area contributed by atoms with Gasteiger partial charge in [0.05, 0.1) is 5.41 Å². The minimum absolute atomic E-state index is 0.325. The highest BCUT2D eigenvalue weighted by molar-refractivity contribution is 6.32. The zero-order valence-electron chi connectivity index (χ0n) is 11.0. The average molecular weight is 307 g/mol. The maximum Gasteiger partial charge on any atom is 0.198 e. The Labute approximate surface area is 126 Å². The maximum atomic E-state index is 6.04. The lowest BCUT2D eigenvalue weighted by atomic mass is 9.84. The van der Waals surface area contributed by atoms with Gasteiger partial charge in [-0.1, -0.05) is 35.3 Å². The van der Waals surface area contributed by atoms with Crippen molar-refractivity contribution < 1.29 is 0 Å². The Hall–Kier alpha value is -1.65. The minimum atomic E-state index is -0.325. The molecule has 1 aromatic carbocycles. The van der Waals surface area contributed by atoms with Gasteiger partial charge >= 0.3 is 0 Å². The molecule has 0 atom stereocenters. The van der Waals surface area contributed by atoms with E-state index in [2.05, 4.69) is 29.0 Å². The highest BCUT2D eigenvalue weighted by Crippen LogP contribution is 2.31. The minimum Gasteiger partial charge on any atom is -0.282 e. The van der Waals surface area contributed by atoms with Crippen LogP contribution in [0.15, 0.2) is 36.7 Å². The second kappa shape index (κ2) is 4.72. The molecular weight excluding hydrogens is 295 g/mol. The molecule has 0 N–H and O–H groups in total. The molecule has 6 heteroatoms. The van der Waals surface area contributed by atoms with Gasteiger partial charge in [0.2, 0.25) is 0 Å². The lowest BCUT2D eigenvalue weighted by molar-refractivity contribution is 0.582. The van der Waals surface area contributed by atoms with Crippen LogP contribution in [0.4, 0.5) is 0 Å². The predicted octanol–water partition coefficient (Wildman–Crippen LogP) is 3.76. The molecule has 0 unspecified atom stereocenters. The molecule has 20 heavy (non-hydrogen) atoms. The number of aromatic nitrogens is 4. The average Bonchev–Trinajstić information content (AvgIpc) is 2.85. The first-order chi connectivity index (χ1) is 9.50. The van der Waals surface area contributed by atoms with Gasteiger partial charge in [0.25, 0.3) is 0 Å². The second-order valence-electron chi connectivity index (χ2n) is 5.07. The van der Waals surface area contributed by atoms with E-state index in [0.29, 0.717) is 15.8 Å². The molecule has 0 amide bonds. The largest absolute Gasteiger partial charge is 0.282 e. The van der Waals surface area contributed by atoms with Crippen molar-refractivity contribution >= 4 is 28.8 Å². The monoisotopic (exact) mass is 306 g/mol. The van der Waals surface area contributed by atoms with Gasteiger partial charge in [-0.3, -0.25) is 4.40 Å². The summed E-state index contributed by atoms with van der Waals surface area (Å²) in [4.78, 5) is 4.01. The van der Waals surface area contributed by atoms with Crippen molar-refractivity contribution in [2.45, 2.75) is 19.3 Å². The summed E-state index contributed by atoms with van der Waals surface area (Å²) in [5.74, 6) is 0.805. The topological polar surface area (TPSA) is 43.1 Å². The van der Waals surface area contributed by atoms with E-state index in [4.69, 9.17) is 23.2 Å². The highest BCUT2D eigenvalue weighted by Gasteiger charge is 2.29. The first-order valence-corrected chi connectivity index (χ1v) is 6.87. The van der Waals surface area contributed by atoms with Gasteiger partial charge in [-0.25, -0.2) is 4.98 Å². The van der Waals surface area contributed by atoms with Crippen LogP contribution in [0.5, 0.6) is 0 Å². The summed E-state index contributed by atoms with van der Waals surface area (Å²) in [7, 11) is 0. The van der Waals surface area contributed by atoms with Gasteiger partial charge in [-0.15, -0.1) is 10.2 Å². The molecular formula is C14H12Cl2N4. The van der Waals surface area contributed by atoms with Gasteiger partial charge in [-0.05, 0) is 31.5 Å². The third kappa shape index (κ3) is 2.05. The Kier molecular flexibility index (Phi) is 3.15. The van der Waals surface area contributed by atoms with E-state index in [1.807, 2.05) is 34.9 Å². The van der Waals surface area contributed by atoms with Crippen molar-refractivity contribution in [3.63, 3.8) is 0 Å². The first kappa shape index (κ1) is 13.3. The molecule has 0 bridgehead atoms. The zero-order chi connectivity index (χ0) is 14.3. The van der Waals surface area contributed by atoms with Crippen LogP contribution in [-0.4, -0.2) is 19.6 Å². The normalized spacial score (nSPS) is 12.0. The maximum absolute atomic E-state index is 6.04. The number of fused-ring (bicyclic) bond motifs is 1. The summed E-state index contributed by atoms with van der Waals surface area (Å²) < 4.78 is 1.87. The fraction of sp³-hybridized carbons (Fsp3) is 0.214. The van der Waals surface area contributed by atoms with E-state index in [-0.39, 0.29) is 5.41 Å². The molecule has 0 radical (unpaired) electrons. The molecule has 2 heterocycles. The van der Waals surface area contributed by atoms with Crippen LogP contribution in [0.25, 0.3) is 5.65 Å². The van der Waals surface area contributed by atoms with Crippen molar-refractivity contribution in [3.8, 4) is 0 Å². The molecule has 0 fully saturated rings. The van der Waals surface area contributed by atoms with Crippen LogP contribution < -0.4 is 0 Å². The molecule has 3 aromatic rings. The Morgan fingerprint density at radius 3 is 2.45 bits per heavy atom. The van der Waals surface area contributed by atoms with Crippen LogP contribution in [0.3, 0.4) is 0 Å². The Morgan fingerprint density at radius 1 is 1.05 bits per heavy atom. The molecule has 0 aliphatic heterocycles. The summed E-state index contributed by atoms with van der Waals surface area (Å²) in [5, 5.41) is 9.46. The quantitative estimate of drug-likeness (QED) is 0.724. The van der Waals surface area contributed by atoms with Crippen LogP contribution >= 0.6 is 23.2 Å². The highest BCUT2D eigenvalue weighted by atomic mass is 35.5. The van der Waals surface area contributed by atoms with Crippen LogP contribution in [0.1, 0.15) is 25.2 Å². The molecule has 2 aromatic heterocycles. The van der Waals surface area contributed by atoms with Crippen LogP contribution in [-0.2, 0) is 5.41 Å². The van der Waals surface area contributed by atoms with Gasteiger partial charge in [0.1, 0.15) is 5.82 Å². The fourth-order valence-electron chi connectivity index (χ4n) is 2.22. The van der Waals surface area contributed by atoms with Crippen molar-refractivity contribution in [1.82, 2.24) is 19.6 Å². The van der Waals surface area contributed by atoms with Crippen molar-refractivity contribution in [3.05, 3.63) is 58.2 Å². The Balaban J connectivity index is 2.18. The first-order valence-electron chi connectivity index (χ1n) is 6.12. The van der Waals surface area contributed by atoms with E-state index < -0.39 is 0 Å². The van der Waals surface area contributed by atoms with Crippen LogP contribution in [0, 0.1) is 0 Å². The van der Waals surface area contributed by atoms with Crippen molar-refractivity contribution in [2.75, 3.05) is 0 Å². The third-order valence-electron chi connectivity index (χ3n) is 3.41. The number of rotatable bonds is 2. The van der Waals surface area contributed by atoms with Gasteiger partial charge in [0.15, 0.2) is 10.8 Å².